The van der Waals surface area contributed by atoms with E-state index in [0.717, 1.165) is 11.1 Å². The molecule has 3 heteroatoms. The SMILES string of the molecule is Cc1cccc2c1COC(=O)O2. The van der Waals surface area contributed by atoms with Crippen molar-refractivity contribution in [3.8, 4) is 5.75 Å². The number of aryl methyl sites for hydroxylation is 1. The van der Waals surface area contributed by atoms with Gasteiger partial charge in [0.1, 0.15) is 12.4 Å². The Morgan fingerprint density at radius 2 is 2.25 bits per heavy atom. The van der Waals surface area contributed by atoms with E-state index in [1.807, 2.05) is 19.1 Å². The molecule has 0 spiro atoms. The van der Waals surface area contributed by atoms with Crippen molar-refractivity contribution in [3.63, 3.8) is 0 Å². The van der Waals surface area contributed by atoms with Crippen LogP contribution in [0.5, 0.6) is 5.75 Å². The smallest absolute Gasteiger partial charge is 0.429 e. The minimum Gasteiger partial charge on any atom is -0.429 e. The maximum absolute atomic E-state index is 10.7. The van der Waals surface area contributed by atoms with Crippen LogP contribution in [0.4, 0.5) is 4.79 Å². The predicted molar refractivity (Wildman–Crippen MR) is 42.0 cm³/mol. The Kier molecular flexibility index (Phi) is 1.50. The molecule has 0 saturated carbocycles. The number of hydrogen-bond acceptors (Lipinski definition) is 3. The van der Waals surface area contributed by atoms with E-state index in [9.17, 15) is 4.79 Å². The third-order valence-electron chi connectivity index (χ3n) is 1.89. The van der Waals surface area contributed by atoms with Crippen LogP contribution in [0.15, 0.2) is 18.2 Å². The number of carbonyl (C=O) groups is 1. The van der Waals surface area contributed by atoms with Crippen LogP contribution in [0, 0.1) is 6.92 Å². The van der Waals surface area contributed by atoms with Gasteiger partial charge in [0.15, 0.2) is 0 Å². The lowest BCUT2D eigenvalue weighted by Gasteiger charge is -2.17. The van der Waals surface area contributed by atoms with Gasteiger partial charge in [0.05, 0.1) is 0 Å². The van der Waals surface area contributed by atoms with Crippen LogP contribution in [-0.4, -0.2) is 6.16 Å². The molecular weight excluding hydrogens is 156 g/mol. The minimum absolute atomic E-state index is 0.320. The Morgan fingerprint density at radius 3 is 3.08 bits per heavy atom. The van der Waals surface area contributed by atoms with Crippen molar-refractivity contribution in [2.24, 2.45) is 0 Å². The first-order chi connectivity index (χ1) is 5.77. The van der Waals surface area contributed by atoms with Crippen molar-refractivity contribution in [2.75, 3.05) is 0 Å². The molecule has 2 rings (SSSR count). The van der Waals surface area contributed by atoms with Gasteiger partial charge in [0, 0.05) is 5.56 Å². The number of carbonyl (C=O) groups excluding carboxylic acids is 1. The Labute approximate surface area is 69.9 Å². The van der Waals surface area contributed by atoms with E-state index in [1.54, 1.807) is 6.07 Å². The molecule has 0 aliphatic carbocycles. The highest BCUT2D eigenvalue weighted by molar-refractivity contribution is 5.67. The molecule has 1 aliphatic heterocycles. The van der Waals surface area contributed by atoms with E-state index < -0.39 is 6.16 Å². The lowest BCUT2D eigenvalue weighted by Crippen LogP contribution is -2.17. The summed E-state index contributed by atoms with van der Waals surface area (Å²) in [5.74, 6) is 0.617. The van der Waals surface area contributed by atoms with Crippen molar-refractivity contribution in [3.05, 3.63) is 29.3 Å². The predicted octanol–water partition coefficient (Wildman–Crippen LogP) is 2.02. The molecule has 0 saturated heterocycles. The number of benzene rings is 1. The summed E-state index contributed by atoms with van der Waals surface area (Å²) in [4.78, 5) is 10.7. The summed E-state index contributed by atoms with van der Waals surface area (Å²) in [6.45, 7) is 2.28. The topological polar surface area (TPSA) is 35.5 Å². The van der Waals surface area contributed by atoms with Gasteiger partial charge in [-0.05, 0) is 18.6 Å². The van der Waals surface area contributed by atoms with Crippen molar-refractivity contribution >= 4 is 6.16 Å². The molecular formula is C9H8O3. The lowest BCUT2D eigenvalue weighted by atomic mass is 10.1. The van der Waals surface area contributed by atoms with Gasteiger partial charge in [0.25, 0.3) is 0 Å². The first-order valence-corrected chi connectivity index (χ1v) is 3.70. The first-order valence-electron chi connectivity index (χ1n) is 3.70. The summed E-state index contributed by atoms with van der Waals surface area (Å²) in [7, 11) is 0. The Morgan fingerprint density at radius 1 is 1.42 bits per heavy atom. The summed E-state index contributed by atoms with van der Waals surface area (Å²) < 4.78 is 9.58. The maximum atomic E-state index is 10.7. The zero-order valence-electron chi connectivity index (χ0n) is 6.66. The molecule has 1 aliphatic rings. The average Bonchev–Trinajstić information content (AvgIpc) is 2.04. The molecule has 0 amide bonds. The van der Waals surface area contributed by atoms with Crippen molar-refractivity contribution in [1.29, 1.82) is 0 Å². The molecule has 1 aromatic carbocycles. The highest BCUT2D eigenvalue weighted by Crippen LogP contribution is 2.26. The van der Waals surface area contributed by atoms with E-state index in [-0.39, 0.29) is 0 Å². The summed E-state index contributed by atoms with van der Waals surface area (Å²) in [5.41, 5.74) is 2.04. The zero-order chi connectivity index (χ0) is 8.55. The molecule has 1 heterocycles. The van der Waals surface area contributed by atoms with Gasteiger partial charge in [0.2, 0.25) is 0 Å². The van der Waals surface area contributed by atoms with Gasteiger partial charge < -0.3 is 9.47 Å². The molecule has 0 radical (unpaired) electrons. The quantitative estimate of drug-likeness (QED) is 0.434. The molecule has 1 aromatic rings. The van der Waals surface area contributed by atoms with Gasteiger partial charge in [-0.1, -0.05) is 12.1 Å². The molecule has 0 bridgehead atoms. The summed E-state index contributed by atoms with van der Waals surface area (Å²) in [5, 5.41) is 0. The highest BCUT2D eigenvalue weighted by Gasteiger charge is 2.18. The Hall–Kier alpha value is -1.51. The summed E-state index contributed by atoms with van der Waals surface area (Å²) >= 11 is 0. The third kappa shape index (κ3) is 1.03. The largest absolute Gasteiger partial charge is 0.514 e. The Balaban J connectivity index is 2.48. The van der Waals surface area contributed by atoms with E-state index in [2.05, 4.69) is 0 Å². The number of rotatable bonds is 0. The second-order valence-corrected chi connectivity index (χ2v) is 2.69. The van der Waals surface area contributed by atoms with Crippen molar-refractivity contribution in [2.45, 2.75) is 13.5 Å². The fourth-order valence-electron chi connectivity index (χ4n) is 1.21. The summed E-state index contributed by atoms with van der Waals surface area (Å²) in [6, 6.07) is 5.58. The molecule has 0 aromatic heterocycles. The van der Waals surface area contributed by atoms with Gasteiger partial charge >= 0.3 is 6.16 Å². The average molecular weight is 164 g/mol. The minimum atomic E-state index is -0.617. The van der Waals surface area contributed by atoms with Crippen LogP contribution in [0.3, 0.4) is 0 Å². The van der Waals surface area contributed by atoms with Crippen molar-refractivity contribution < 1.29 is 14.3 Å². The highest BCUT2D eigenvalue weighted by atomic mass is 16.7. The molecule has 62 valence electrons. The molecule has 0 N–H and O–H groups in total. The van der Waals surface area contributed by atoms with Crippen LogP contribution < -0.4 is 4.74 Å². The normalized spacial score (nSPS) is 14.6. The van der Waals surface area contributed by atoms with Crippen LogP contribution in [0.2, 0.25) is 0 Å². The standard InChI is InChI=1S/C9H8O3/c1-6-3-2-4-8-7(6)5-11-9(10)12-8/h2-4H,5H2,1H3. The van der Waals surface area contributed by atoms with Crippen LogP contribution in [0.1, 0.15) is 11.1 Å². The number of hydrogen-bond donors (Lipinski definition) is 0. The lowest BCUT2D eigenvalue weighted by molar-refractivity contribution is 0.0782. The molecule has 0 atom stereocenters. The van der Waals surface area contributed by atoms with Gasteiger partial charge in [-0.2, -0.15) is 0 Å². The molecule has 0 fully saturated rings. The number of ether oxygens (including phenoxy) is 2. The van der Waals surface area contributed by atoms with E-state index in [4.69, 9.17) is 9.47 Å². The van der Waals surface area contributed by atoms with Gasteiger partial charge in [-0.25, -0.2) is 4.79 Å². The first kappa shape index (κ1) is 7.16. The van der Waals surface area contributed by atoms with E-state index >= 15 is 0 Å². The summed E-state index contributed by atoms with van der Waals surface area (Å²) in [6.07, 6.45) is -0.617. The Bertz CT molecular complexity index is 331. The van der Waals surface area contributed by atoms with E-state index in [1.165, 1.54) is 0 Å². The molecule has 12 heavy (non-hydrogen) atoms. The second kappa shape index (κ2) is 2.52. The van der Waals surface area contributed by atoms with Gasteiger partial charge in [-0.3, -0.25) is 0 Å². The number of cyclic esters (lactones) is 1. The van der Waals surface area contributed by atoms with Gasteiger partial charge in [-0.15, -0.1) is 0 Å². The molecule has 3 nitrogen and oxygen atoms in total. The second-order valence-electron chi connectivity index (χ2n) is 2.69. The number of fused-ring (bicyclic) bond motifs is 1. The fraction of sp³-hybridized carbons (Fsp3) is 0.222. The maximum Gasteiger partial charge on any atom is 0.514 e. The molecule has 0 unspecified atom stereocenters. The monoisotopic (exact) mass is 164 g/mol. The van der Waals surface area contributed by atoms with Crippen LogP contribution in [0.25, 0.3) is 0 Å². The zero-order valence-corrected chi connectivity index (χ0v) is 6.66. The fourth-order valence-corrected chi connectivity index (χ4v) is 1.21. The van der Waals surface area contributed by atoms with Crippen LogP contribution in [-0.2, 0) is 11.3 Å². The van der Waals surface area contributed by atoms with Crippen LogP contribution >= 0.6 is 0 Å². The van der Waals surface area contributed by atoms with E-state index in [0.29, 0.717) is 12.4 Å². The van der Waals surface area contributed by atoms with Crippen molar-refractivity contribution in [1.82, 2.24) is 0 Å². The third-order valence-corrected chi connectivity index (χ3v) is 1.89.